The highest BCUT2D eigenvalue weighted by atomic mass is 35.5. The molecule has 146 valence electrons. The van der Waals surface area contributed by atoms with E-state index in [1.807, 2.05) is 0 Å². The molecule has 2 N–H and O–H groups in total. The molecule has 0 saturated heterocycles. The quantitative estimate of drug-likeness (QED) is 0.723. The first-order valence-electron chi connectivity index (χ1n) is 7.71. The van der Waals surface area contributed by atoms with Crippen LogP contribution in [0.2, 0.25) is 5.02 Å². The molecule has 0 heterocycles. The number of amides is 1. The lowest BCUT2D eigenvalue weighted by Gasteiger charge is -2.14. The summed E-state index contributed by atoms with van der Waals surface area (Å²) in [4.78, 5) is 12.0. The zero-order chi connectivity index (χ0) is 20.2. The van der Waals surface area contributed by atoms with Gasteiger partial charge in [0.25, 0.3) is 5.91 Å². The number of hydrogen-bond acceptors (Lipinski definition) is 4. The van der Waals surface area contributed by atoms with E-state index in [1.165, 1.54) is 13.2 Å². The number of sulfonamides is 1. The van der Waals surface area contributed by atoms with Gasteiger partial charge in [0.05, 0.1) is 22.1 Å². The van der Waals surface area contributed by atoms with E-state index in [0.29, 0.717) is 0 Å². The monoisotopic (exact) mass is 418 g/mol. The first kappa shape index (κ1) is 21.2. The van der Waals surface area contributed by atoms with Crippen molar-refractivity contribution in [1.82, 2.24) is 4.72 Å². The van der Waals surface area contributed by atoms with Gasteiger partial charge in [-0.2, -0.15) is 0 Å². The van der Waals surface area contributed by atoms with Crippen LogP contribution in [-0.2, 0) is 14.8 Å². The minimum atomic E-state index is -3.99. The van der Waals surface area contributed by atoms with Crippen LogP contribution in [0.15, 0.2) is 41.3 Å². The average Bonchev–Trinajstić information content (AvgIpc) is 2.58. The Morgan fingerprint density at radius 2 is 1.85 bits per heavy atom. The fraction of sp³-hybridized carbons (Fsp3) is 0.235. The van der Waals surface area contributed by atoms with Gasteiger partial charge in [0.2, 0.25) is 10.0 Å². The molecule has 0 radical (unpaired) electrons. The second-order valence-corrected chi connectivity index (χ2v) is 7.82. The van der Waals surface area contributed by atoms with Crippen molar-refractivity contribution in [3.05, 3.63) is 58.6 Å². The van der Waals surface area contributed by atoms with Crippen LogP contribution < -0.4 is 10.0 Å². The minimum Gasteiger partial charge on any atom is -0.383 e. The lowest BCUT2D eigenvalue weighted by Crippen LogP contribution is -2.35. The van der Waals surface area contributed by atoms with E-state index >= 15 is 0 Å². The first-order valence-corrected chi connectivity index (χ1v) is 9.57. The predicted octanol–water partition coefficient (Wildman–Crippen LogP) is 3.18. The highest BCUT2D eigenvalue weighted by molar-refractivity contribution is 7.89. The summed E-state index contributed by atoms with van der Waals surface area (Å²) in [6.07, 6.45) is 0. The fourth-order valence-corrected chi connectivity index (χ4v) is 3.67. The summed E-state index contributed by atoms with van der Waals surface area (Å²) in [7, 11) is -2.56. The third-order valence-electron chi connectivity index (χ3n) is 3.44. The van der Waals surface area contributed by atoms with E-state index in [2.05, 4.69) is 10.0 Å². The number of hydrogen-bond donors (Lipinski definition) is 2. The van der Waals surface area contributed by atoms with Gasteiger partial charge in [0.1, 0.15) is 11.6 Å². The van der Waals surface area contributed by atoms with E-state index in [1.54, 1.807) is 6.92 Å². The number of rotatable bonds is 7. The lowest BCUT2D eigenvalue weighted by atomic mass is 10.2. The maximum Gasteiger partial charge on any atom is 0.258 e. The van der Waals surface area contributed by atoms with Crippen LogP contribution >= 0.6 is 11.6 Å². The molecule has 0 aliphatic carbocycles. The molecule has 0 aromatic heterocycles. The molecular weight excluding hydrogens is 402 g/mol. The minimum absolute atomic E-state index is 0.130. The summed E-state index contributed by atoms with van der Waals surface area (Å²) in [6.45, 7) is 1.73. The maximum atomic E-state index is 14.1. The first-order chi connectivity index (χ1) is 12.6. The number of halogens is 3. The van der Waals surface area contributed by atoms with Gasteiger partial charge in [-0.05, 0) is 43.3 Å². The summed E-state index contributed by atoms with van der Waals surface area (Å²) in [5.74, 6) is -2.49. The van der Waals surface area contributed by atoms with Crippen molar-refractivity contribution in [1.29, 1.82) is 0 Å². The van der Waals surface area contributed by atoms with Crippen LogP contribution in [0.4, 0.5) is 14.5 Å². The number of methoxy groups -OCH3 is 1. The standard InChI is InChI=1S/C17H17ClF2N2O4S/c1-10(9-26-2)22-27(24,25)12-4-6-15(19)13(8-12)17(23)21-11-3-5-16(20)14(18)7-11/h3-8,10,22H,9H2,1-2H3,(H,21,23)/t10-/m1/s1. The van der Waals surface area contributed by atoms with E-state index in [9.17, 15) is 22.0 Å². The molecule has 0 aliphatic rings. The molecule has 1 atom stereocenters. The third kappa shape index (κ3) is 5.46. The van der Waals surface area contributed by atoms with Crippen LogP contribution in [0.5, 0.6) is 0 Å². The Labute approximate surface area is 160 Å². The van der Waals surface area contributed by atoms with Crippen LogP contribution in [0.3, 0.4) is 0 Å². The second kappa shape index (κ2) is 8.75. The molecule has 0 spiro atoms. The summed E-state index contributed by atoms with van der Waals surface area (Å²) >= 11 is 5.64. The molecule has 2 aromatic rings. The Hall–Kier alpha value is -2.07. The summed E-state index contributed by atoms with van der Waals surface area (Å²) in [6, 6.07) is 5.75. The number of anilines is 1. The van der Waals surface area contributed by atoms with Crippen molar-refractivity contribution in [2.24, 2.45) is 0 Å². The van der Waals surface area contributed by atoms with E-state index in [4.69, 9.17) is 16.3 Å². The van der Waals surface area contributed by atoms with Crippen molar-refractivity contribution in [3.63, 3.8) is 0 Å². The molecule has 0 saturated carbocycles. The van der Waals surface area contributed by atoms with Gasteiger partial charge in [0.15, 0.2) is 0 Å². The van der Waals surface area contributed by atoms with Crippen molar-refractivity contribution in [2.75, 3.05) is 19.0 Å². The molecule has 0 unspecified atom stereocenters. The Balaban J connectivity index is 2.28. The normalized spacial score (nSPS) is 12.6. The van der Waals surface area contributed by atoms with Gasteiger partial charge < -0.3 is 10.1 Å². The molecule has 10 heteroatoms. The van der Waals surface area contributed by atoms with Gasteiger partial charge in [-0.1, -0.05) is 11.6 Å². The largest absolute Gasteiger partial charge is 0.383 e. The van der Waals surface area contributed by atoms with E-state index in [-0.39, 0.29) is 22.2 Å². The topological polar surface area (TPSA) is 84.5 Å². The molecule has 0 bridgehead atoms. The van der Waals surface area contributed by atoms with Crippen molar-refractivity contribution >= 4 is 33.2 Å². The SMILES string of the molecule is COC[C@@H](C)NS(=O)(=O)c1ccc(F)c(C(=O)Nc2ccc(F)c(Cl)c2)c1. The summed E-state index contributed by atoms with van der Waals surface area (Å²) in [5, 5.41) is 2.12. The smallest absolute Gasteiger partial charge is 0.258 e. The van der Waals surface area contributed by atoms with Crippen LogP contribution in [0.25, 0.3) is 0 Å². The number of carbonyl (C=O) groups is 1. The van der Waals surface area contributed by atoms with Crippen LogP contribution in [0.1, 0.15) is 17.3 Å². The van der Waals surface area contributed by atoms with Gasteiger partial charge >= 0.3 is 0 Å². The highest BCUT2D eigenvalue weighted by Gasteiger charge is 2.21. The highest BCUT2D eigenvalue weighted by Crippen LogP contribution is 2.21. The Morgan fingerprint density at radius 1 is 1.19 bits per heavy atom. The van der Waals surface area contributed by atoms with Gasteiger partial charge in [-0.15, -0.1) is 0 Å². The van der Waals surface area contributed by atoms with Gasteiger partial charge in [0, 0.05) is 18.8 Å². The zero-order valence-corrected chi connectivity index (χ0v) is 16.0. The Kier molecular flexibility index (Phi) is 6.88. The van der Waals surface area contributed by atoms with E-state index < -0.39 is 39.2 Å². The number of ether oxygens (including phenoxy) is 1. The Bertz CT molecular complexity index is 954. The predicted molar refractivity (Wildman–Crippen MR) is 97.4 cm³/mol. The molecular formula is C17H17ClF2N2O4S. The fourth-order valence-electron chi connectivity index (χ4n) is 2.23. The zero-order valence-electron chi connectivity index (χ0n) is 14.4. The maximum absolute atomic E-state index is 14.1. The molecule has 1 amide bonds. The molecule has 0 fully saturated rings. The van der Waals surface area contributed by atoms with Gasteiger partial charge in [-0.3, -0.25) is 4.79 Å². The number of carbonyl (C=O) groups excluding carboxylic acids is 1. The summed E-state index contributed by atoms with van der Waals surface area (Å²) in [5.41, 5.74) is -0.358. The molecule has 2 rings (SSSR count). The van der Waals surface area contributed by atoms with Crippen LogP contribution in [-0.4, -0.2) is 34.1 Å². The van der Waals surface area contributed by atoms with E-state index in [0.717, 1.165) is 30.3 Å². The summed E-state index contributed by atoms with van der Waals surface area (Å²) < 4.78 is 59.2. The van der Waals surface area contributed by atoms with Crippen molar-refractivity contribution < 1.29 is 26.7 Å². The van der Waals surface area contributed by atoms with Crippen molar-refractivity contribution in [2.45, 2.75) is 17.9 Å². The number of benzene rings is 2. The third-order valence-corrected chi connectivity index (χ3v) is 5.32. The molecule has 27 heavy (non-hydrogen) atoms. The van der Waals surface area contributed by atoms with Crippen molar-refractivity contribution in [3.8, 4) is 0 Å². The number of nitrogens with one attached hydrogen (secondary N) is 2. The molecule has 6 nitrogen and oxygen atoms in total. The molecule has 2 aromatic carbocycles. The lowest BCUT2D eigenvalue weighted by molar-refractivity contribution is 0.102. The second-order valence-electron chi connectivity index (χ2n) is 5.70. The average molecular weight is 419 g/mol. The molecule has 0 aliphatic heterocycles. The van der Waals surface area contributed by atoms with Crippen LogP contribution in [0, 0.1) is 11.6 Å². The Morgan fingerprint density at radius 3 is 2.48 bits per heavy atom. The van der Waals surface area contributed by atoms with Gasteiger partial charge in [-0.25, -0.2) is 21.9 Å².